The van der Waals surface area contributed by atoms with Crippen LogP contribution in [0, 0.1) is 22.9 Å². The Bertz CT molecular complexity index is 820. The van der Waals surface area contributed by atoms with Crippen LogP contribution in [0.3, 0.4) is 0 Å². The first-order valence-electron chi connectivity index (χ1n) is 7.30. The van der Waals surface area contributed by atoms with Gasteiger partial charge >= 0.3 is 5.97 Å². The largest absolute Gasteiger partial charge is 0.449 e. The van der Waals surface area contributed by atoms with Gasteiger partial charge in [0.2, 0.25) is 0 Å². The highest BCUT2D eigenvalue weighted by Gasteiger charge is 2.20. The Morgan fingerprint density at radius 3 is 2.40 bits per heavy atom. The summed E-state index contributed by atoms with van der Waals surface area (Å²) in [7, 11) is 0. The molecule has 130 valence electrons. The van der Waals surface area contributed by atoms with Crippen molar-refractivity contribution in [2.75, 3.05) is 5.32 Å². The first kappa shape index (κ1) is 18.1. The number of nitro groups is 1. The summed E-state index contributed by atoms with van der Waals surface area (Å²) >= 11 is 0. The van der Waals surface area contributed by atoms with E-state index in [-0.39, 0.29) is 11.3 Å². The number of esters is 1. The molecule has 2 aromatic carbocycles. The SMILES string of the molecule is Cc1cc(C(=O)O[C@@H](C)C(=O)Nc2ccc(F)cc2)ccc1[N+](=O)[O-]. The lowest BCUT2D eigenvalue weighted by Crippen LogP contribution is -2.30. The smallest absolute Gasteiger partial charge is 0.338 e. The number of nitrogens with zero attached hydrogens (tertiary/aromatic N) is 1. The number of carbonyl (C=O) groups is 2. The molecule has 0 aliphatic heterocycles. The van der Waals surface area contributed by atoms with Gasteiger partial charge in [-0.25, -0.2) is 9.18 Å². The van der Waals surface area contributed by atoms with E-state index in [2.05, 4.69) is 5.32 Å². The van der Waals surface area contributed by atoms with Crippen LogP contribution in [0.2, 0.25) is 0 Å². The first-order valence-corrected chi connectivity index (χ1v) is 7.30. The Kier molecular flexibility index (Phi) is 5.43. The number of rotatable bonds is 5. The maximum Gasteiger partial charge on any atom is 0.338 e. The summed E-state index contributed by atoms with van der Waals surface area (Å²) in [5, 5.41) is 13.3. The molecule has 1 atom stereocenters. The van der Waals surface area contributed by atoms with Crippen molar-refractivity contribution in [1.29, 1.82) is 0 Å². The van der Waals surface area contributed by atoms with Crippen LogP contribution in [0.5, 0.6) is 0 Å². The molecule has 7 nitrogen and oxygen atoms in total. The highest BCUT2D eigenvalue weighted by atomic mass is 19.1. The van der Waals surface area contributed by atoms with Crippen LogP contribution in [0.15, 0.2) is 42.5 Å². The molecular weight excluding hydrogens is 331 g/mol. The summed E-state index contributed by atoms with van der Waals surface area (Å²) < 4.78 is 17.9. The molecule has 0 aromatic heterocycles. The van der Waals surface area contributed by atoms with Crippen LogP contribution in [0.1, 0.15) is 22.8 Å². The summed E-state index contributed by atoms with van der Waals surface area (Å²) in [6.07, 6.45) is -1.10. The Hall–Kier alpha value is -3.29. The van der Waals surface area contributed by atoms with Crippen molar-refractivity contribution in [3.05, 3.63) is 69.5 Å². The van der Waals surface area contributed by atoms with Gasteiger partial charge in [-0.2, -0.15) is 0 Å². The maximum atomic E-state index is 12.8. The Morgan fingerprint density at radius 1 is 1.20 bits per heavy atom. The number of hydrogen-bond acceptors (Lipinski definition) is 5. The van der Waals surface area contributed by atoms with Gasteiger partial charge in [-0.3, -0.25) is 14.9 Å². The molecule has 0 unspecified atom stereocenters. The zero-order chi connectivity index (χ0) is 18.6. The Balaban J connectivity index is 2.01. The Morgan fingerprint density at radius 2 is 1.84 bits per heavy atom. The van der Waals surface area contributed by atoms with Crippen molar-refractivity contribution in [3.8, 4) is 0 Å². The summed E-state index contributed by atoms with van der Waals surface area (Å²) in [4.78, 5) is 34.3. The second-order valence-electron chi connectivity index (χ2n) is 5.30. The van der Waals surface area contributed by atoms with E-state index < -0.39 is 28.7 Å². The van der Waals surface area contributed by atoms with Crippen molar-refractivity contribution in [2.24, 2.45) is 0 Å². The van der Waals surface area contributed by atoms with E-state index in [0.717, 1.165) is 0 Å². The van der Waals surface area contributed by atoms with E-state index in [0.29, 0.717) is 11.3 Å². The molecule has 8 heteroatoms. The van der Waals surface area contributed by atoms with Gasteiger partial charge in [0, 0.05) is 17.3 Å². The van der Waals surface area contributed by atoms with Gasteiger partial charge in [-0.15, -0.1) is 0 Å². The lowest BCUT2D eigenvalue weighted by atomic mass is 10.1. The fourth-order valence-electron chi connectivity index (χ4n) is 2.05. The number of anilines is 1. The van der Waals surface area contributed by atoms with Gasteiger partial charge in [0.05, 0.1) is 10.5 Å². The second kappa shape index (κ2) is 7.52. The monoisotopic (exact) mass is 346 g/mol. The number of nitro benzene ring substituents is 1. The first-order chi connectivity index (χ1) is 11.8. The minimum absolute atomic E-state index is 0.101. The quantitative estimate of drug-likeness (QED) is 0.509. The fourth-order valence-corrected chi connectivity index (χ4v) is 2.05. The van der Waals surface area contributed by atoms with Crippen molar-refractivity contribution < 1.29 is 23.6 Å². The standard InChI is InChI=1S/C17H15FN2O5/c1-10-9-12(3-8-15(10)20(23)24)17(22)25-11(2)16(21)19-14-6-4-13(18)5-7-14/h3-9,11H,1-2H3,(H,19,21)/t11-/m0/s1. The molecule has 0 aliphatic carbocycles. The number of aryl methyl sites for hydroxylation is 1. The zero-order valence-electron chi connectivity index (χ0n) is 13.5. The molecule has 0 bridgehead atoms. The molecule has 2 aromatic rings. The molecule has 2 rings (SSSR count). The number of halogens is 1. The van der Waals surface area contributed by atoms with Crippen LogP contribution in [0.25, 0.3) is 0 Å². The van der Waals surface area contributed by atoms with Crippen molar-refractivity contribution in [3.63, 3.8) is 0 Å². The molecular formula is C17H15FN2O5. The molecule has 25 heavy (non-hydrogen) atoms. The zero-order valence-corrected chi connectivity index (χ0v) is 13.5. The third-order valence-electron chi connectivity index (χ3n) is 3.39. The number of benzene rings is 2. The molecule has 0 heterocycles. The predicted molar refractivity (Wildman–Crippen MR) is 87.7 cm³/mol. The molecule has 0 radical (unpaired) electrons. The lowest BCUT2D eigenvalue weighted by Gasteiger charge is -2.13. The molecule has 1 amide bonds. The third kappa shape index (κ3) is 4.60. The minimum atomic E-state index is -1.10. The number of carbonyl (C=O) groups excluding carboxylic acids is 2. The number of amides is 1. The van der Waals surface area contributed by atoms with E-state index in [1.54, 1.807) is 0 Å². The molecule has 0 saturated heterocycles. The van der Waals surface area contributed by atoms with Crippen LogP contribution in [0.4, 0.5) is 15.8 Å². The molecule has 0 fully saturated rings. The van der Waals surface area contributed by atoms with Crippen LogP contribution >= 0.6 is 0 Å². The second-order valence-corrected chi connectivity index (χ2v) is 5.30. The van der Waals surface area contributed by atoms with Gasteiger partial charge in [0.15, 0.2) is 6.10 Å². The highest BCUT2D eigenvalue weighted by molar-refractivity contribution is 5.97. The predicted octanol–water partition coefficient (Wildman–Crippen LogP) is 3.23. The van der Waals surface area contributed by atoms with Crippen LogP contribution in [-0.2, 0) is 9.53 Å². The molecule has 0 saturated carbocycles. The third-order valence-corrected chi connectivity index (χ3v) is 3.39. The number of nitrogens with one attached hydrogen (secondary N) is 1. The van der Waals surface area contributed by atoms with Crippen molar-refractivity contribution in [2.45, 2.75) is 20.0 Å². The summed E-state index contributed by atoms with van der Waals surface area (Å²) in [6, 6.07) is 8.92. The van der Waals surface area contributed by atoms with E-state index in [9.17, 15) is 24.1 Å². The molecule has 1 N–H and O–H groups in total. The highest BCUT2D eigenvalue weighted by Crippen LogP contribution is 2.19. The molecule has 0 aliphatic rings. The van der Waals surface area contributed by atoms with Gasteiger partial charge in [-0.1, -0.05) is 0 Å². The Labute approximate surface area is 142 Å². The number of ether oxygens (including phenoxy) is 1. The average Bonchev–Trinajstić information content (AvgIpc) is 2.56. The van der Waals surface area contributed by atoms with Gasteiger partial charge in [0.25, 0.3) is 11.6 Å². The van der Waals surface area contributed by atoms with E-state index in [1.807, 2.05) is 0 Å². The normalized spacial score (nSPS) is 11.5. The topological polar surface area (TPSA) is 98.5 Å². The van der Waals surface area contributed by atoms with E-state index in [1.165, 1.54) is 56.3 Å². The lowest BCUT2D eigenvalue weighted by molar-refractivity contribution is -0.385. The summed E-state index contributed by atoms with van der Waals surface area (Å²) in [6.45, 7) is 2.88. The minimum Gasteiger partial charge on any atom is -0.449 e. The van der Waals surface area contributed by atoms with Crippen LogP contribution in [-0.4, -0.2) is 22.9 Å². The molecule has 0 spiro atoms. The summed E-state index contributed by atoms with van der Waals surface area (Å²) in [5.74, 6) is -1.80. The van der Waals surface area contributed by atoms with Gasteiger partial charge in [-0.05, 0) is 50.2 Å². The fraction of sp³-hybridized carbons (Fsp3) is 0.176. The van der Waals surface area contributed by atoms with E-state index >= 15 is 0 Å². The van der Waals surface area contributed by atoms with Gasteiger partial charge in [0.1, 0.15) is 5.82 Å². The van der Waals surface area contributed by atoms with Crippen molar-refractivity contribution >= 4 is 23.3 Å². The van der Waals surface area contributed by atoms with Crippen LogP contribution < -0.4 is 5.32 Å². The summed E-state index contributed by atoms with van der Waals surface area (Å²) in [5.41, 5.74) is 0.659. The van der Waals surface area contributed by atoms with Crippen molar-refractivity contribution in [1.82, 2.24) is 0 Å². The maximum absolute atomic E-state index is 12.8. The van der Waals surface area contributed by atoms with E-state index in [4.69, 9.17) is 4.74 Å². The van der Waals surface area contributed by atoms with Gasteiger partial charge < -0.3 is 10.1 Å². The number of hydrogen-bond donors (Lipinski definition) is 1. The average molecular weight is 346 g/mol.